The third kappa shape index (κ3) is 3.13. The molecule has 0 aromatic carbocycles. The van der Waals surface area contributed by atoms with Gasteiger partial charge in [0.2, 0.25) is 5.91 Å². The van der Waals surface area contributed by atoms with Gasteiger partial charge in [-0.05, 0) is 20.4 Å². The number of nitrogens with one attached hydrogen (secondary N) is 1. The zero-order valence-corrected chi connectivity index (χ0v) is 11.3. The smallest absolute Gasteiger partial charge is 0.327 e. The van der Waals surface area contributed by atoms with Gasteiger partial charge in [0.05, 0.1) is 11.4 Å². The first-order chi connectivity index (χ1) is 8.02. The SMILES string of the molecule is CCCC1SCC(C(=O)O)N1C(=O)C(C)NC. The molecule has 1 saturated heterocycles. The van der Waals surface area contributed by atoms with Crippen LogP contribution < -0.4 is 5.32 Å². The summed E-state index contributed by atoms with van der Waals surface area (Å²) in [6.07, 6.45) is 1.79. The second kappa shape index (κ2) is 6.26. The number of carboxylic acid groups (broad SMARTS) is 1. The second-order valence-corrected chi connectivity index (χ2v) is 5.40. The molecule has 0 radical (unpaired) electrons. The molecule has 17 heavy (non-hydrogen) atoms. The maximum atomic E-state index is 12.2. The number of nitrogens with zero attached hydrogens (tertiary/aromatic N) is 1. The van der Waals surface area contributed by atoms with Crippen LogP contribution in [-0.2, 0) is 9.59 Å². The molecule has 2 N–H and O–H groups in total. The summed E-state index contributed by atoms with van der Waals surface area (Å²) in [5.41, 5.74) is 0. The highest BCUT2D eigenvalue weighted by molar-refractivity contribution is 8.00. The van der Waals surface area contributed by atoms with Crippen LogP contribution in [0.15, 0.2) is 0 Å². The molecule has 6 heteroatoms. The van der Waals surface area contributed by atoms with Gasteiger partial charge in [0.25, 0.3) is 0 Å². The van der Waals surface area contributed by atoms with Crippen LogP contribution in [-0.4, -0.2) is 52.1 Å². The Kier molecular flexibility index (Phi) is 5.27. The summed E-state index contributed by atoms with van der Waals surface area (Å²) in [7, 11) is 1.70. The zero-order valence-electron chi connectivity index (χ0n) is 10.5. The van der Waals surface area contributed by atoms with E-state index in [1.807, 2.05) is 6.92 Å². The normalized spacial score (nSPS) is 25.9. The number of hydrogen-bond donors (Lipinski definition) is 2. The number of rotatable bonds is 5. The predicted molar refractivity (Wildman–Crippen MR) is 67.9 cm³/mol. The number of thioether (sulfide) groups is 1. The monoisotopic (exact) mass is 260 g/mol. The van der Waals surface area contributed by atoms with Crippen LogP contribution in [0.1, 0.15) is 26.7 Å². The topological polar surface area (TPSA) is 69.6 Å². The van der Waals surface area contributed by atoms with Crippen molar-refractivity contribution >= 4 is 23.6 Å². The van der Waals surface area contributed by atoms with E-state index in [4.69, 9.17) is 5.11 Å². The molecule has 1 amide bonds. The van der Waals surface area contributed by atoms with E-state index in [1.165, 1.54) is 4.90 Å². The number of hydrogen-bond acceptors (Lipinski definition) is 4. The van der Waals surface area contributed by atoms with Gasteiger partial charge < -0.3 is 15.3 Å². The van der Waals surface area contributed by atoms with Gasteiger partial charge in [-0.3, -0.25) is 4.79 Å². The van der Waals surface area contributed by atoms with Crippen LogP contribution in [0, 0.1) is 0 Å². The number of carbonyl (C=O) groups is 2. The largest absolute Gasteiger partial charge is 0.480 e. The molecule has 5 nitrogen and oxygen atoms in total. The molecule has 3 unspecified atom stereocenters. The van der Waals surface area contributed by atoms with Crippen molar-refractivity contribution in [3.05, 3.63) is 0 Å². The van der Waals surface area contributed by atoms with Crippen molar-refractivity contribution in [3.8, 4) is 0 Å². The lowest BCUT2D eigenvalue weighted by Crippen LogP contribution is -2.51. The molecule has 0 aliphatic carbocycles. The van der Waals surface area contributed by atoms with E-state index in [9.17, 15) is 9.59 Å². The lowest BCUT2D eigenvalue weighted by molar-refractivity contribution is -0.149. The Balaban J connectivity index is 2.85. The molecule has 0 aromatic rings. The van der Waals surface area contributed by atoms with Gasteiger partial charge in [-0.2, -0.15) is 0 Å². The fourth-order valence-corrected chi connectivity index (χ4v) is 3.39. The number of likely N-dealkylation sites (N-methyl/N-ethyl adjacent to an activating group) is 1. The van der Waals surface area contributed by atoms with Crippen LogP contribution in [0.2, 0.25) is 0 Å². The molecule has 0 bridgehead atoms. The molecule has 1 aliphatic rings. The van der Waals surface area contributed by atoms with E-state index in [2.05, 4.69) is 5.32 Å². The fraction of sp³-hybridized carbons (Fsp3) is 0.818. The highest BCUT2D eigenvalue weighted by Crippen LogP contribution is 2.32. The van der Waals surface area contributed by atoms with Gasteiger partial charge in [-0.25, -0.2) is 4.79 Å². The van der Waals surface area contributed by atoms with E-state index < -0.39 is 12.0 Å². The third-order valence-electron chi connectivity index (χ3n) is 2.97. The first kappa shape index (κ1) is 14.3. The van der Waals surface area contributed by atoms with Crippen molar-refractivity contribution in [2.45, 2.75) is 44.1 Å². The molecule has 1 aliphatic heterocycles. The van der Waals surface area contributed by atoms with Gasteiger partial charge in [-0.15, -0.1) is 11.8 Å². The standard InChI is InChI=1S/C11H20N2O3S/c1-4-5-9-13(10(14)7(2)12-3)8(6-17-9)11(15)16/h7-9,12H,4-6H2,1-3H3,(H,15,16). The van der Waals surface area contributed by atoms with Crippen LogP contribution >= 0.6 is 11.8 Å². The van der Waals surface area contributed by atoms with Crippen molar-refractivity contribution in [2.75, 3.05) is 12.8 Å². The van der Waals surface area contributed by atoms with E-state index >= 15 is 0 Å². The van der Waals surface area contributed by atoms with Crippen molar-refractivity contribution in [3.63, 3.8) is 0 Å². The molecule has 0 spiro atoms. The van der Waals surface area contributed by atoms with Crippen LogP contribution in [0.4, 0.5) is 0 Å². The number of carbonyl (C=O) groups excluding carboxylic acids is 1. The van der Waals surface area contributed by atoms with Gasteiger partial charge >= 0.3 is 5.97 Å². The van der Waals surface area contributed by atoms with E-state index in [0.717, 1.165) is 12.8 Å². The van der Waals surface area contributed by atoms with Gasteiger partial charge in [-0.1, -0.05) is 13.3 Å². The molecular formula is C11H20N2O3S. The Morgan fingerprint density at radius 2 is 2.24 bits per heavy atom. The first-order valence-corrected chi connectivity index (χ1v) is 6.91. The Morgan fingerprint density at radius 3 is 2.71 bits per heavy atom. The molecule has 1 fully saturated rings. The van der Waals surface area contributed by atoms with Gasteiger partial charge in [0, 0.05) is 5.75 Å². The number of aliphatic carboxylic acids is 1. The minimum atomic E-state index is -0.909. The number of amides is 1. The Morgan fingerprint density at radius 1 is 1.59 bits per heavy atom. The highest BCUT2D eigenvalue weighted by atomic mass is 32.2. The van der Waals surface area contributed by atoms with E-state index in [-0.39, 0.29) is 17.3 Å². The summed E-state index contributed by atoms with van der Waals surface area (Å²) >= 11 is 1.56. The second-order valence-electron chi connectivity index (χ2n) is 4.19. The zero-order chi connectivity index (χ0) is 13.0. The summed E-state index contributed by atoms with van der Waals surface area (Å²) < 4.78 is 0. The number of carboxylic acids is 1. The Bertz CT molecular complexity index is 298. The summed E-state index contributed by atoms with van der Waals surface area (Å²) in [5, 5.41) is 12.0. The summed E-state index contributed by atoms with van der Waals surface area (Å²) in [6, 6.07) is -1.02. The molecule has 3 atom stereocenters. The van der Waals surface area contributed by atoms with Crippen LogP contribution in [0.25, 0.3) is 0 Å². The minimum Gasteiger partial charge on any atom is -0.480 e. The lowest BCUT2D eigenvalue weighted by Gasteiger charge is -2.29. The molecule has 0 aromatic heterocycles. The summed E-state index contributed by atoms with van der Waals surface area (Å²) in [5.74, 6) is -0.543. The fourth-order valence-electron chi connectivity index (χ4n) is 1.87. The highest BCUT2D eigenvalue weighted by Gasteiger charge is 2.42. The van der Waals surface area contributed by atoms with Crippen LogP contribution in [0.5, 0.6) is 0 Å². The Hall–Kier alpha value is -0.750. The maximum Gasteiger partial charge on any atom is 0.327 e. The van der Waals surface area contributed by atoms with E-state index in [0.29, 0.717) is 5.75 Å². The predicted octanol–water partition coefficient (Wildman–Crippen LogP) is 0.749. The van der Waals surface area contributed by atoms with Crippen molar-refractivity contribution in [2.24, 2.45) is 0 Å². The van der Waals surface area contributed by atoms with Crippen molar-refractivity contribution < 1.29 is 14.7 Å². The first-order valence-electron chi connectivity index (χ1n) is 5.86. The van der Waals surface area contributed by atoms with Gasteiger partial charge in [0.1, 0.15) is 6.04 Å². The summed E-state index contributed by atoms with van der Waals surface area (Å²) in [4.78, 5) is 24.9. The molecule has 98 valence electrons. The average Bonchev–Trinajstić information content (AvgIpc) is 2.71. The quantitative estimate of drug-likeness (QED) is 0.763. The average molecular weight is 260 g/mol. The molecular weight excluding hydrogens is 240 g/mol. The van der Waals surface area contributed by atoms with Crippen LogP contribution in [0.3, 0.4) is 0 Å². The third-order valence-corrected chi connectivity index (χ3v) is 4.33. The van der Waals surface area contributed by atoms with Gasteiger partial charge in [0.15, 0.2) is 0 Å². The van der Waals surface area contributed by atoms with Crippen molar-refractivity contribution in [1.82, 2.24) is 10.2 Å². The lowest BCUT2D eigenvalue weighted by atomic mass is 10.2. The molecule has 1 heterocycles. The summed E-state index contributed by atoms with van der Waals surface area (Å²) in [6.45, 7) is 3.80. The maximum absolute atomic E-state index is 12.2. The Labute approximate surface area is 106 Å². The minimum absolute atomic E-state index is 0.00407. The van der Waals surface area contributed by atoms with E-state index in [1.54, 1.807) is 25.7 Å². The molecule has 0 saturated carbocycles. The van der Waals surface area contributed by atoms with Crippen molar-refractivity contribution in [1.29, 1.82) is 0 Å². The molecule has 1 rings (SSSR count).